The maximum Gasteiger partial charge on any atom is 0.586 e. The summed E-state index contributed by atoms with van der Waals surface area (Å²) in [6.07, 6.45) is -0.419. The van der Waals surface area contributed by atoms with E-state index in [0.717, 1.165) is 5.69 Å². The highest BCUT2D eigenvalue weighted by atomic mass is 19.3. The zero-order valence-electron chi connectivity index (χ0n) is 10.0. The number of fused-ring (bicyclic) bond motifs is 1. The zero-order valence-corrected chi connectivity index (χ0v) is 10.0. The molecular formula is C12H11F2N3O2. The summed E-state index contributed by atoms with van der Waals surface area (Å²) >= 11 is 0. The monoisotopic (exact) mass is 267 g/mol. The van der Waals surface area contributed by atoms with Gasteiger partial charge in [-0.2, -0.15) is 0 Å². The lowest BCUT2D eigenvalue weighted by molar-refractivity contribution is -0.286. The molecular weight excluding hydrogens is 256 g/mol. The van der Waals surface area contributed by atoms with Crippen LogP contribution in [-0.4, -0.2) is 15.8 Å². The van der Waals surface area contributed by atoms with Gasteiger partial charge in [0.1, 0.15) is 0 Å². The van der Waals surface area contributed by atoms with Gasteiger partial charge in [-0.15, -0.1) is 8.78 Å². The zero-order chi connectivity index (χ0) is 13.6. The van der Waals surface area contributed by atoms with Crippen molar-refractivity contribution < 1.29 is 18.3 Å². The highest BCUT2D eigenvalue weighted by Gasteiger charge is 2.43. The molecule has 0 aliphatic carbocycles. The van der Waals surface area contributed by atoms with E-state index < -0.39 is 6.29 Å². The number of nitrogens with zero attached hydrogens (tertiary/aromatic N) is 2. The predicted molar refractivity (Wildman–Crippen MR) is 62.4 cm³/mol. The number of imidazole rings is 1. The van der Waals surface area contributed by atoms with Crippen molar-refractivity contribution in [2.75, 3.05) is 0 Å². The third kappa shape index (κ3) is 2.01. The Morgan fingerprint density at radius 3 is 2.79 bits per heavy atom. The topological polar surface area (TPSA) is 62.3 Å². The molecule has 3 rings (SSSR count). The van der Waals surface area contributed by atoms with Crippen LogP contribution in [0.5, 0.6) is 11.5 Å². The molecule has 2 N–H and O–H groups in total. The lowest BCUT2D eigenvalue weighted by atomic mass is 10.2. The van der Waals surface area contributed by atoms with Gasteiger partial charge in [0.15, 0.2) is 11.5 Å². The molecule has 1 atom stereocenters. The van der Waals surface area contributed by atoms with Crippen molar-refractivity contribution in [3.63, 3.8) is 0 Å². The number of alkyl halides is 2. The molecule has 0 fully saturated rings. The van der Waals surface area contributed by atoms with Crippen molar-refractivity contribution in [1.82, 2.24) is 9.55 Å². The predicted octanol–water partition coefficient (Wildman–Crippen LogP) is 2.21. The molecule has 0 radical (unpaired) electrons. The third-order valence-electron chi connectivity index (χ3n) is 2.80. The molecule has 2 aromatic rings. The maximum absolute atomic E-state index is 12.9. The minimum Gasteiger partial charge on any atom is -0.395 e. The summed E-state index contributed by atoms with van der Waals surface area (Å²) in [4.78, 5) is 4.00. The first-order valence-corrected chi connectivity index (χ1v) is 5.64. The molecule has 2 heterocycles. The Balaban J connectivity index is 2.02. The van der Waals surface area contributed by atoms with Crippen molar-refractivity contribution in [3.8, 4) is 17.2 Å². The second kappa shape index (κ2) is 3.92. The van der Waals surface area contributed by atoms with Gasteiger partial charge in [-0.1, -0.05) is 0 Å². The molecule has 19 heavy (non-hydrogen) atoms. The summed E-state index contributed by atoms with van der Waals surface area (Å²) in [6.45, 7) is 1.81. The van der Waals surface area contributed by atoms with Crippen molar-refractivity contribution in [2.24, 2.45) is 5.73 Å². The Labute approximate surface area is 107 Å². The van der Waals surface area contributed by atoms with Crippen LogP contribution in [0.3, 0.4) is 0 Å². The van der Waals surface area contributed by atoms with Gasteiger partial charge in [-0.25, -0.2) is 4.98 Å². The van der Waals surface area contributed by atoms with Gasteiger partial charge in [0.2, 0.25) is 0 Å². The largest absolute Gasteiger partial charge is 0.586 e. The SMILES string of the molecule is CC(N)c1cncn1-c1ccc2c(c1)OC(F)(F)O2. The first kappa shape index (κ1) is 11.9. The first-order valence-electron chi connectivity index (χ1n) is 5.64. The molecule has 1 aliphatic rings. The number of rotatable bonds is 2. The molecule has 1 unspecified atom stereocenters. The lowest BCUT2D eigenvalue weighted by Crippen LogP contribution is -2.25. The van der Waals surface area contributed by atoms with Crippen LogP contribution in [0.15, 0.2) is 30.7 Å². The summed E-state index contributed by atoms with van der Waals surface area (Å²) in [6, 6.07) is 4.30. The third-order valence-corrected chi connectivity index (χ3v) is 2.80. The number of nitrogens with two attached hydrogens (primary N) is 1. The Morgan fingerprint density at radius 1 is 1.32 bits per heavy atom. The highest BCUT2D eigenvalue weighted by Crippen LogP contribution is 2.41. The summed E-state index contributed by atoms with van der Waals surface area (Å²) in [7, 11) is 0. The van der Waals surface area contributed by atoms with Crippen LogP contribution in [0.2, 0.25) is 0 Å². The molecule has 0 saturated carbocycles. The highest BCUT2D eigenvalue weighted by molar-refractivity contribution is 5.51. The lowest BCUT2D eigenvalue weighted by Gasteiger charge is -2.11. The van der Waals surface area contributed by atoms with E-state index in [-0.39, 0.29) is 17.5 Å². The van der Waals surface area contributed by atoms with E-state index in [4.69, 9.17) is 5.73 Å². The van der Waals surface area contributed by atoms with Gasteiger partial charge in [0.25, 0.3) is 0 Å². The second-order valence-corrected chi connectivity index (χ2v) is 4.28. The number of aromatic nitrogens is 2. The normalized spacial score (nSPS) is 17.5. The van der Waals surface area contributed by atoms with E-state index in [9.17, 15) is 8.78 Å². The molecule has 1 aliphatic heterocycles. The van der Waals surface area contributed by atoms with Crippen LogP contribution >= 0.6 is 0 Å². The van der Waals surface area contributed by atoms with Crippen molar-refractivity contribution >= 4 is 0 Å². The van der Waals surface area contributed by atoms with Crippen LogP contribution in [-0.2, 0) is 0 Å². The standard InChI is InChI=1S/C12H11F2N3O2/c1-7(15)9-5-16-6-17(9)8-2-3-10-11(4-8)19-12(13,14)18-10/h2-7H,15H2,1H3. The number of hydrogen-bond donors (Lipinski definition) is 1. The Morgan fingerprint density at radius 2 is 2.05 bits per heavy atom. The molecule has 0 spiro atoms. The Hall–Kier alpha value is -2.15. The summed E-state index contributed by atoms with van der Waals surface area (Å²) < 4.78 is 36.3. The summed E-state index contributed by atoms with van der Waals surface area (Å²) in [5, 5.41) is 0. The Bertz CT molecular complexity index is 625. The number of benzene rings is 1. The van der Waals surface area contributed by atoms with E-state index in [1.165, 1.54) is 12.1 Å². The van der Waals surface area contributed by atoms with E-state index in [1.807, 2.05) is 6.92 Å². The van der Waals surface area contributed by atoms with Gasteiger partial charge in [0.05, 0.1) is 23.9 Å². The molecule has 0 bridgehead atoms. The van der Waals surface area contributed by atoms with E-state index in [1.54, 1.807) is 23.2 Å². The average molecular weight is 267 g/mol. The van der Waals surface area contributed by atoms with Gasteiger partial charge in [0, 0.05) is 12.1 Å². The average Bonchev–Trinajstić information content (AvgIpc) is 2.89. The fraction of sp³-hybridized carbons (Fsp3) is 0.250. The van der Waals surface area contributed by atoms with Crippen LogP contribution in [0.1, 0.15) is 18.7 Å². The molecule has 7 heteroatoms. The van der Waals surface area contributed by atoms with Crippen molar-refractivity contribution in [1.29, 1.82) is 0 Å². The quantitative estimate of drug-likeness (QED) is 0.906. The molecule has 0 saturated heterocycles. The van der Waals surface area contributed by atoms with Crippen molar-refractivity contribution in [2.45, 2.75) is 19.3 Å². The van der Waals surface area contributed by atoms with Crippen LogP contribution in [0.25, 0.3) is 5.69 Å². The fourth-order valence-corrected chi connectivity index (χ4v) is 1.95. The Kier molecular flexibility index (Phi) is 2.46. The molecule has 1 aromatic heterocycles. The van der Waals surface area contributed by atoms with Gasteiger partial charge in [-0.05, 0) is 19.1 Å². The molecule has 5 nitrogen and oxygen atoms in total. The first-order chi connectivity index (χ1) is 8.96. The molecule has 100 valence electrons. The molecule has 0 amide bonds. The smallest absolute Gasteiger partial charge is 0.395 e. The van der Waals surface area contributed by atoms with E-state index in [0.29, 0.717) is 5.69 Å². The minimum atomic E-state index is -3.61. The summed E-state index contributed by atoms with van der Waals surface area (Å²) in [5.74, 6) is 0.00281. The van der Waals surface area contributed by atoms with Crippen LogP contribution in [0, 0.1) is 0 Å². The summed E-state index contributed by atoms with van der Waals surface area (Å²) in [5.41, 5.74) is 7.21. The van der Waals surface area contributed by atoms with E-state index >= 15 is 0 Å². The number of ether oxygens (including phenoxy) is 2. The van der Waals surface area contributed by atoms with Crippen molar-refractivity contribution in [3.05, 3.63) is 36.4 Å². The van der Waals surface area contributed by atoms with Crippen LogP contribution in [0.4, 0.5) is 8.78 Å². The van der Waals surface area contributed by atoms with Gasteiger partial charge < -0.3 is 19.8 Å². The molecule has 1 aromatic carbocycles. The van der Waals surface area contributed by atoms with Gasteiger partial charge >= 0.3 is 6.29 Å². The number of halogens is 2. The second-order valence-electron chi connectivity index (χ2n) is 4.28. The fourth-order valence-electron chi connectivity index (χ4n) is 1.95. The maximum atomic E-state index is 12.9. The van der Waals surface area contributed by atoms with E-state index in [2.05, 4.69) is 14.5 Å². The van der Waals surface area contributed by atoms with Crippen LogP contribution < -0.4 is 15.2 Å². The number of hydrogen-bond acceptors (Lipinski definition) is 4. The van der Waals surface area contributed by atoms with Gasteiger partial charge in [-0.3, -0.25) is 0 Å². The minimum absolute atomic E-state index is 0.00757.